The van der Waals surface area contributed by atoms with Crippen LogP contribution in [0.1, 0.15) is 6.92 Å². The van der Waals surface area contributed by atoms with E-state index in [4.69, 9.17) is 11.6 Å². The van der Waals surface area contributed by atoms with Crippen LogP contribution in [-0.2, 0) is 4.79 Å². The summed E-state index contributed by atoms with van der Waals surface area (Å²) in [5.41, 5.74) is 0.722. The van der Waals surface area contributed by atoms with Crippen LogP contribution in [-0.4, -0.2) is 20.8 Å². The second-order valence-corrected chi connectivity index (χ2v) is 4.66. The molecule has 0 atom stereocenters. The number of allylic oxidation sites excluding steroid dienone is 1. The van der Waals surface area contributed by atoms with E-state index >= 15 is 0 Å². The van der Waals surface area contributed by atoms with E-state index in [1.165, 1.54) is 6.08 Å². The normalized spacial score (nSPS) is 10.5. The van der Waals surface area contributed by atoms with Crippen LogP contribution in [0.15, 0.2) is 42.6 Å². The standard InChI is InChI=1S/C14H12ClN5O3/c1-2-4-12(21)17-9-5-3-6-10(7-9)18-13-11(20(22)23)8-16-14(15)19-13/h2-8H,1H3,(H,17,21)(H,16,18,19). The van der Waals surface area contributed by atoms with Crippen LogP contribution in [0.4, 0.5) is 22.9 Å². The van der Waals surface area contributed by atoms with E-state index in [9.17, 15) is 14.9 Å². The highest BCUT2D eigenvalue weighted by atomic mass is 35.5. The molecule has 2 N–H and O–H groups in total. The Balaban J connectivity index is 2.26. The Morgan fingerprint density at radius 3 is 2.83 bits per heavy atom. The van der Waals surface area contributed by atoms with Crippen molar-refractivity contribution >= 4 is 40.4 Å². The van der Waals surface area contributed by atoms with Crippen LogP contribution >= 0.6 is 11.6 Å². The topological polar surface area (TPSA) is 110 Å². The fourth-order valence-electron chi connectivity index (χ4n) is 1.73. The summed E-state index contributed by atoms with van der Waals surface area (Å²) in [6, 6.07) is 6.66. The fourth-order valence-corrected chi connectivity index (χ4v) is 1.86. The fraction of sp³-hybridized carbons (Fsp3) is 0.0714. The molecule has 0 fully saturated rings. The minimum Gasteiger partial charge on any atom is -0.334 e. The highest BCUT2D eigenvalue weighted by Gasteiger charge is 2.17. The smallest absolute Gasteiger partial charge is 0.329 e. The lowest BCUT2D eigenvalue weighted by atomic mass is 10.2. The minimum absolute atomic E-state index is 0.0352. The number of aromatic nitrogens is 2. The molecule has 1 aromatic heterocycles. The van der Waals surface area contributed by atoms with E-state index in [1.807, 2.05) is 0 Å². The zero-order chi connectivity index (χ0) is 16.8. The Morgan fingerprint density at radius 2 is 2.13 bits per heavy atom. The maximum absolute atomic E-state index is 11.5. The molecule has 0 bridgehead atoms. The molecular formula is C14H12ClN5O3. The molecule has 0 unspecified atom stereocenters. The summed E-state index contributed by atoms with van der Waals surface area (Å²) >= 11 is 5.67. The van der Waals surface area contributed by atoms with E-state index in [0.29, 0.717) is 11.4 Å². The monoisotopic (exact) mass is 333 g/mol. The molecule has 0 aliphatic carbocycles. The van der Waals surface area contributed by atoms with E-state index in [2.05, 4.69) is 20.6 Å². The van der Waals surface area contributed by atoms with Gasteiger partial charge in [-0.15, -0.1) is 0 Å². The molecule has 118 valence electrons. The van der Waals surface area contributed by atoms with Crippen LogP contribution in [0.25, 0.3) is 0 Å². The van der Waals surface area contributed by atoms with E-state index in [-0.39, 0.29) is 22.7 Å². The Bertz CT molecular complexity index is 779. The second kappa shape index (κ2) is 7.32. The van der Waals surface area contributed by atoms with Crippen LogP contribution in [0.5, 0.6) is 0 Å². The quantitative estimate of drug-likeness (QED) is 0.376. The first kappa shape index (κ1) is 16.4. The largest absolute Gasteiger partial charge is 0.334 e. The zero-order valence-corrected chi connectivity index (χ0v) is 12.7. The first-order valence-electron chi connectivity index (χ1n) is 6.47. The van der Waals surface area contributed by atoms with E-state index < -0.39 is 4.92 Å². The van der Waals surface area contributed by atoms with Gasteiger partial charge in [0.1, 0.15) is 6.20 Å². The van der Waals surface area contributed by atoms with Crippen LogP contribution in [0, 0.1) is 10.1 Å². The lowest BCUT2D eigenvalue weighted by Crippen LogP contribution is -2.08. The molecule has 1 amide bonds. The number of nitrogens with zero attached hydrogens (tertiary/aromatic N) is 3. The van der Waals surface area contributed by atoms with Crippen molar-refractivity contribution in [2.75, 3.05) is 10.6 Å². The number of rotatable bonds is 5. The molecule has 1 aromatic carbocycles. The lowest BCUT2D eigenvalue weighted by Gasteiger charge is -2.08. The lowest BCUT2D eigenvalue weighted by molar-refractivity contribution is -0.384. The van der Waals surface area contributed by atoms with Gasteiger partial charge in [0.25, 0.3) is 0 Å². The number of halogens is 1. The molecule has 9 heteroatoms. The zero-order valence-electron chi connectivity index (χ0n) is 12.0. The number of nitro groups is 1. The SMILES string of the molecule is CC=CC(=O)Nc1cccc(Nc2nc(Cl)ncc2[N+](=O)[O-])c1. The summed E-state index contributed by atoms with van der Waals surface area (Å²) in [4.78, 5) is 29.3. The summed E-state index contributed by atoms with van der Waals surface area (Å²) < 4.78 is 0. The molecule has 2 rings (SSSR count). The van der Waals surface area contributed by atoms with Gasteiger partial charge in [0.15, 0.2) is 0 Å². The first-order valence-corrected chi connectivity index (χ1v) is 6.85. The number of amides is 1. The molecule has 0 aliphatic rings. The van der Waals surface area contributed by atoms with Gasteiger partial charge in [0.05, 0.1) is 4.92 Å². The average Bonchev–Trinajstić information content (AvgIpc) is 2.47. The van der Waals surface area contributed by atoms with Gasteiger partial charge in [-0.2, -0.15) is 4.98 Å². The van der Waals surface area contributed by atoms with Gasteiger partial charge in [-0.25, -0.2) is 4.98 Å². The number of carbonyl (C=O) groups excluding carboxylic acids is 1. The molecule has 23 heavy (non-hydrogen) atoms. The van der Waals surface area contributed by atoms with E-state index in [1.54, 1.807) is 37.3 Å². The number of hydrogen-bond donors (Lipinski definition) is 2. The van der Waals surface area contributed by atoms with Crippen LogP contribution < -0.4 is 10.6 Å². The molecular weight excluding hydrogens is 322 g/mol. The van der Waals surface area contributed by atoms with Crippen molar-refractivity contribution in [1.82, 2.24) is 9.97 Å². The third-order valence-electron chi connectivity index (χ3n) is 2.65. The maximum atomic E-state index is 11.5. The molecule has 0 saturated heterocycles. The summed E-state index contributed by atoms with van der Waals surface area (Å²) in [5, 5.41) is 16.3. The highest BCUT2D eigenvalue weighted by molar-refractivity contribution is 6.28. The predicted molar refractivity (Wildman–Crippen MR) is 86.9 cm³/mol. The van der Waals surface area contributed by atoms with Gasteiger partial charge in [-0.3, -0.25) is 14.9 Å². The Labute approximate surface area is 136 Å². The first-order chi connectivity index (χ1) is 11.0. The molecule has 1 heterocycles. The van der Waals surface area contributed by atoms with Gasteiger partial charge in [-0.1, -0.05) is 12.1 Å². The summed E-state index contributed by atoms with van der Waals surface area (Å²) in [7, 11) is 0. The second-order valence-electron chi connectivity index (χ2n) is 4.33. The van der Waals surface area contributed by atoms with Crippen molar-refractivity contribution in [2.24, 2.45) is 0 Å². The number of nitrogens with one attached hydrogen (secondary N) is 2. The molecule has 0 spiro atoms. The van der Waals surface area contributed by atoms with Gasteiger partial charge in [-0.05, 0) is 42.8 Å². The van der Waals surface area contributed by atoms with Crippen molar-refractivity contribution in [3.63, 3.8) is 0 Å². The Hall–Kier alpha value is -3.00. The summed E-state index contributed by atoms with van der Waals surface area (Å²) in [6.07, 6.45) is 4.02. The van der Waals surface area contributed by atoms with Gasteiger partial charge in [0.2, 0.25) is 17.0 Å². The molecule has 0 aliphatic heterocycles. The average molecular weight is 334 g/mol. The van der Waals surface area contributed by atoms with Gasteiger partial charge >= 0.3 is 5.69 Å². The van der Waals surface area contributed by atoms with Gasteiger partial charge in [0, 0.05) is 11.4 Å². The Morgan fingerprint density at radius 1 is 1.39 bits per heavy atom. The number of carbonyl (C=O) groups is 1. The van der Waals surface area contributed by atoms with Crippen molar-refractivity contribution in [1.29, 1.82) is 0 Å². The third kappa shape index (κ3) is 4.48. The summed E-state index contributed by atoms with van der Waals surface area (Å²) in [6.45, 7) is 1.73. The minimum atomic E-state index is -0.615. The van der Waals surface area contributed by atoms with Crippen LogP contribution in [0.3, 0.4) is 0 Å². The predicted octanol–water partition coefficient (Wildman–Crippen LogP) is 3.30. The molecule has 8 nitrogen and oxygen atoms in total. The van der Waals surface area contributed by atoms with Crippen LogP contribution in [0.2, 0.25) is 5.28 Å². The van der Waals surface area contributed by atoms with Crippen molar-refractivity contribution < 1.29 is 9.72 Å². The van der Waals surface area contributed by atoms with Gasteiger partial charge < -0.3 is 10.6 Å². The number of benzene rings is 1. The molecule has 0 radical (unpaired) electrons. The van der Waals surface area contributed by atoms with Crippen molar-refractivity contribution in [2.45, 2.75) is 6.92 Å². The number of hydrogen-bond acceptors (Lipinski definition) is 6. The molecule has 0 saturated carbocycles. The van der Waals surface area contributed by atoms with Crippen molar-refractivity contribution in [3.05, 3.63) is 58.0 Å². The number of anilines is 3. The molecule has 2 aromatic rings. The van der Waals surface area contributed by atoms with E-state index in [0.717, 1.165) is 6.20 Å². The maximum Gasteiger partial charge on any atom is 0.329 e. The third-order valence-corrected chi connectivity index (χ3v) is 2.83. The summed E-state index contributed by atoms with van der Waals surface area (Å²) in [5.74, 6) is -0.312. The Kier molecular flexibility index (Phi) is 5.21. The highest BCUT2D eigenvalue weighted by Crippen LogP contribution is 2.26. The van der Waals surface area contributed by atoms with Crippen molar-refractivity contribution in [3.8, 4) is 0 Å².